The maximum absolute atomic E-state index is 11.7. The van der Waals surface area contributed by atoms with Crippen molar-refractivity contribution in [1.82, 2.24) is 0 Å². The van der Waals surface area contributed by atoms with Crippen LogP contribution in [0.3, 0.4) is 0 Å². The third-order valence-corrected chi connectivity index (χ3v) is 4.10. The van der Waals surface area contributed by atoms with Crippen LogP contribution in [0.5, 0.6) is 5.75 Å². The van der Waals surface area contributed by atoms with Gasteiger partial charge in [-0.2, -0.15) is 5.26 Å². The molecule has 0 aliphatic carbocycles. The van der Waals surface area contributed by atoms with Crippen molar-refractivity contribution in [3.8, 4) is 11.8 Å². The number of benzene rings is 1. The number of rotatable bonds is 7. The smallest absolute Gasteiger partial charge is 0.309 e. The molecule has 6 nitrogen and oxygen atoms in total. The highest BCUT2D eigenvalue weighted by Crippen LogP contribution is 2.22. The van der Waals surface area contributed by atoms with E-state index in [0.717, 1.165) is 4.47 Å². The van der Waals surface area contributed by atoms with Gasteiger partial charge in [0.25, 0.3) is 5.91 Å². The van der Waals surface area contributed by atoms with Gasteiger partial charge in [0, 0.05) is 4.47 Å². The van der Waals surface area contributed by atoms with E-state index in [1.54, 1.807) is 23.6 Å². The summed E-state index contributed by atoms with van der Waals surface area (Å²) in [5, 5.41) is 13.5. The molecule has 2 aromatic rings. The highest BCUT2D eigenvalue weighted by Gasteiger charge is 2.11. The molecule has 1 aromatic carbocycles. The molecule has 1 heterocycles. The lowest BCUT2D eigenvalue weighted by atomic mass is 10.3. The Hall–Kier alpha value is -2.37. The molecule has 0 aliphatic heterocycles. The predicted octanol–water partition coefficient (Wildman–Crippen LogP) is 3.33. The topological polar surface area (TPSA) is 88.4 Å². The fraction of sp³-hybridized carbons (Fsp3) is 0.188. The molecule has 124 valence electrons. The molecule has 0 unspecified atom stereocenters. The first kappa shape index (κ1) is 18.0. The number of nitrogens with zero attached hydrogens (tertiary/aromatic N) is 1. The lowest BCUT2D eigenvalue weighted by Crippen LogP contribution is -2.21. The largest absolute Gasteiger partial charge is 0.493 e. The first-order valence-corrected chi connectivity index (χ1v) is 8.57. The average molecular weight is 409 g/mol. The minimum absolute atomic E-state index is 0.0300. The van der Waals surface area contributed by atoms with Crippen LogP contribution in [0.2, 0.25) is 0 Å². The summed E-state index contributed by atoms with van der Waals surface area (Å²) in [6, 6.07) is 10.8. The summed E-state index contributed by atoms with van der Waals surface area (Å²) >= 11 is 4.55. The first-order valence-electron chi connectivity index (χ1n) is 6.90. The number of esters is 1. The third kappa shape index (κ3) is 5.68. The van der Waals surface area contributed by atoms with Crippen LogP contribution in [0.25, 0.3) is 0 Å². The van der Waals surface area contributed by atoms with Gasteiger partial charge >= 0.3 is 5.97 Å². The quantitative estimate of drug-likeness (QED) is 0.709. The van der Waals surface area contributed by atoms with E-state index in [9.17, 15) is 9.59 Å². The van der Waals surface area contributed by atoms with Crippen molar-refractivity contribution < 1.29 is 19.1 Å². The molecule has 0 fully saturated rings. The molecule has 1 N–H and O–H groups in total. The van der Waals surface area contributed by atoms with E-state index >= 15 is 0 Å². The molecule has 0 atom stereocenters. The zero-order valence-electron chi connectivity index (χ0n) is 12.5. The summed E-state index contributed by atoms with van der Waals surface area (Å²) in [4.78, 5) is 23.3. The number of hydrogen-bond donors (Lipinski definition) is 1. The maximum atomic E-state index is 11.7. The number of thiophene rings is 1. The van der Waals surface area contributed by atoms with Crippen LogP contribution >= 0.6 is 27.3 Å². The number of carbonyl (C=O) groups excluding carboxylic acids is 2. The van der Waals surface area contributed by atoms with Crippen LogP contribution in [0, 0.1) is 11.3 Å². The number of nitriles is 1. The Balaban J connectivity index is 1.67. The minimum atomic E-state index is -0.535. The van der Waals surface area contributed by atoms with Crippen molar-refractivity contribution >= 4 is 44.1 Å². The van der Waals surface area contributed by atoms with Crippen LogP contribution in [-0.2, 0) is 14.3 Å². The number of nitrogens with one attached hydrogen (secondary N) is 1. The summed E-state index contributed by atoms with van der Waals surface area (Å²) in [7, 11) is 0. The van der Waals surface area contributed by atoms with Gasteiger partial charge in [-0.1, -0.05) is 22.0 Å². The van der Waals surface area contributed by atoms with Gasteiger partial charge in [0.1, 0.15) is 16.8 Å². The van der Waals surface area contributed by atoms with E-state index in [2.05, 4.69) is 21.2 Å². The molecule has 0 radical (unpaired) electrons. The lowest BCUT2D eigenvalue weighted by molar-refractivity contribution is -0.147. The molecule has 0 saturated carbocycles. The summed E-state index contributed by atoms with van der Waals surface area (Å²) < 4.78 is 11.2. The summed E-state index contributed by atoms with van der Waals surface area (Å²) in [6.45, 7) is -0.251. The Labute approximate surface area is 151 Å². The summed E-state index contributed by atoms with van der Waals surface area (Å²) in [6.07, 6.45) is 0.0300. The van der Waals surface area contributed by atoms with E-state index < -0.39 is 18.5 Å². The van der Waals surface area contributed by atoms with E-state index in [4.69, 9.17) is 14.7 Å². The first-order chi connectivity index (χ1) is 11.6. The van der Waals surface area contributed by atoms with E-state index in [1.165, 1.54) is 11.3 Å². The molecule has 0 spiro atoms. The molecular weight excluding hydrogens is 396 g/mol. The predicted molar refractivity (Wildman–Crippen MR) is 92.9 cm³/mol. The monoisotopic (exact) mass is 408 g/mol. The fourth-order valence-electron chi connectivity index (χ4n) is 1.68. The Bertz CT molecular complexity index is 769. The molecule has 0 bridgehead atoms. The van der Waals surface area contributed by atoms with E-state index in [1.807, 2.05) is 18.2 Å². The standard InChI is InChI=1S/C16H13BrN2O4S/c17-12-2-1-3-13(8-12)22-6-4-15(21)23-10-14(20)19-16-11(9-18)5-7-24-16/h1-3,5,7-8H,4,6,10H2,(H,19,20). The number of ether oxygens (including phenoxy) is 2. The fourth-order valence-corrected chi connectivity index (χ4v) is 2.82. The molecule has 1 aromatic heterocycles. The highest BCUT2D eigenvalue weighted by atomic mass is 79.9. The van der Waals surface area contributed by atoms with Crippen molar-refractivity contribution in [3.05, 3.63) is 45.7 Å². The van der Waals surface area contributed by atoms with Crippen molar-refractivity contribution in [1.29, 1.82) is 5.26 Å². The molecular formula is C16H13BrN2O4S. The Morgan fingerprint density at radius 2 is 2.17 bits per heavy atom. The number of carbonyl (C=O) groups is 2. The van der Waals surface area contributed by atoms with Gasteiger partial charge < -0.3 is 14.8 Å². The van der Waals surface area contributed by atoms with Crippen LogP contribution in [0.1, 0.15) is 12.0 Å². The second-order valence-electron chi connectivity index (χ2n) is 4.54. The van der Waals surface area contributed by atoms with Crippen molar-refractivity contribution in [2.45, 2.75) is 6.42 Å². The Kier molecular flexibility index (Phi) is 6.78. The maximum Gasteiger partial charge on any atom is 0.309 e. The normalized spacial score (nSPS) is 9.83. The van der Waals surface area contributed by atoms with Crippen molar-refractivity contribution in [2.75, 3.05) is 18.5 Å². The van der Waals surface area contributed by atoms with Crippen molar-refractivity contribution in [3.63, 3.8) is 0 Å². The second kappa shape index (κ2) is 9.05. The molecule has 1 amide bonds. The number of amides is 1. The lowest BCUT2D eigenvalue weighted by Gasteiger charge is -2.07. The van der Waals surface area contributed by atoms with Crippen molar-refractivity contribution in [2.24, 2.45) is 0 Å². The Morgan fingerprint density at radius 1 is 1.33 bits per heavy atom. The second-order valence-corrected chi connectivity index (χ2v) is 6.37. The zero-order valence-corrected chi connectivity index (χ0v) is 14.9. The van der Waals surface area contributed by atoms with Gasteiger partial charge in [0.2, 0.25) is 0 Å². The number of halogens is 1. The van der Waals surface area contributed by atoms with Crippen LogP contribution < -0.4 is 10.1 Å². The third-order valence-electron chi connectivity index (χ3n) is 2.77. The zero-order chi connectivity index (χ0) is 17.4. The highest BCUT2D eigenvalue weighted by molar-refractivity contribution is 9.10. The van der Waals surface area contributed by atoms with Crippen LogP contribution in [-0.4, -0.2) is 25.1 Å². The number of anilines is 1. The van der Waals surface area contributed by atoms with E-state index in [0.29, 0.717) is 16.3 Å². The van der Waals surface area contributed by atoms with Gasteiger partial charge in [-0.15, -0.1) is 11.3 Å². The molecule has 0 saturated heterocycles. The molecule has 0 aliphatic rings. The molecule has 2 rings (SSSR count). The van der Waals surface area contributed by atoms with Gasteiger partial charge in [0.05, 0.1) is 18.6 Å². The summed E-state index contributed by atoms with van der Waals surface area (Å²) in [5.74, 6) is -0.390. The number of hydrogen-bond acceptors (Lipinski definition) is 6. The van der Waals surface area contributed by atoms with Gasteiger partial charge in [-0.05, 0) is 29.6 Å². The summed E-state index contributed by atoms with van der Waals surface area (Å²) in [5.41, 5.74) is 0.377. The van der Waals surface area contributed by atoms with Crippen LogP contribution in [0.15, 0.2) is 40.2 Å². The molecule has 8 heteroatoms. The molecule has 24 heavy (non-hydrogen) atoms. The van der Waals surface area contributed by atoms with Gasteiger partial charge in [0.15, 0.2) is 6.61 Å². The van der Waals surface area contributed by atoms with Crippen LogP contribution in [0.4, 0.5) is 5.00 Å². The van der Waals surface area contributed by atoms with Gasteiger partial charge in [-0.25, -0.2) is 0 Å². The average Bonchev–Trinajstić information content (AvgIpc) is 3.00. The van der Waals surface area contributed by atoms with Gasteiger partial charge in [-0.3, -0.25) is 9.59 Å². The SMILES string of the molecule is N#Cc1ccsc1NC(=O)COC(=O)CCOc1cccc(Br)c1. The van der Waals surface area contributed by atoms with E-state index in [-0.39, 0.29) is 13.0 Å². The Morgan fingerprint density at radius 3 is 2.92 bits per heavy atom. The minimum Gasteiger partial charge on any atom is -0.493 e.